The maximum Gasteiger partial charge on any atom is 0.264 e. The quantitative estimate of drug-likeness (QED) is 0.171. The first-order valence-electron chi connectivity index (χ1n) is 15.8. The summed E-state index contributed by atoms with van der Waals surface area (Å²) in [6, 6.07) is 31.2. The highest BCUT2D eigenvalue weighted by Crippen LogP contribution is 2.29. The Bertz CT molecular complexity index is 1730. The molecule has 0 radical (unpaired) electrons. The molecule has 1 aliphatic carbocycles. The summed E-state index contributed by atoms with van der Waals surface area (Å²) in [7, 11) is -4.15. The van der Waals surface area contributed by atoms with Gasteiger partial charge in [-0.2, -0.15) is 0 Å². The summed E-state index contributed by atoms with van der Waals surface area (Å²) in [6.07, 6.45) is 4.71. The Hall–Kier alpha value is -4.14. The zero-order valence-corrected chi connectivity index (χ0v) is 27.6. The van der Waals surface area contributed by atoms with Crippen molar-refractivity contribution in [2.75, 3.05) is 10.8 Å². The van der Waals surface area contributed by atoms with E-state index in [4.69, 9.17) is 11.6 Å². The molecule has 5 rings (SSSR count). The fraction of sp³-hybridized carbons (Fsp3) is 0.297. The van der Waals surface area contributed by atoms with Crippen LogP contribution in [0.25, 0.3) is 0 Å². The molecule has 7 nitrogen and oxygen atoms in total. The molecular weight excluding hydrogens is 618 g/mol. The molecule has 0 heterocycles. The number of sulfonamides is 1. The van der Waals surface area contributed by atoms with Gasteiger partial charge in [0.25, 0.3) is 10.0 Å². The Balaban J connectivity index is 1.58. The molecule has 0 aromatic heterocycles. The van der Waals surface area contributed by atoms with Gasteiger partial charge >= 0.3 is 0 Å². The van der Waals surface area contributed by atoms with Gasteiger partial charge in [0.15, 0.2) is 0 Å². The summed E-state index contributed by atoms with van der Waals surface area (Å²) < 4.78 is 29.7. The molecular formula is C37H40ClN3O4S. The fourth-order valence-electron chi connectivity index (χ4n) is 6.04. The average Bonchev–Trinajstić information content (AvgIpc) is 3.59. The number of hydrogen-bond donors (Lipinski definition) is 1. The van der Waals surface area contributed by atoms with Crippen LogP contribution in [0.2, 0.25) is 5.02 Å². The summed E-state index contributed by atoms with van der Waals surface area (Å²) in [5, 5.41) is 3.71. The van der Waals surface area contributed by atoms with E-state index in [0.717, 1.165) is 42.4 Å². The minimum absolute atomic E-state index is 0.0419. The number of amides is 2. The van der Waals surface area contributed by atoms with E-state index in [9.17, 15) is 18.0 Å². The lowest BCUT2D eigenvalue weighted by molar-refractivity contribution is -0.140. The van der Waals surface area contributed by atoms with Crippen LogP contribution in [0.4, 0.5) is 5.69 Å². The monoisotopic (exact) mass is 657 g/mol. The minimum Gasteiger partial charge on any atom is -0.352 e. The molecule has 1 unspecified atom stereocenters. The van der Waals surface area contributed by atoms with Gasteiger partial charge in [-0.1, -0.05) is 110 Å². The molecule has 4 aromatic rings. The second-order valence-electron chi connectivity index (χ2n) is 11.7. The largest absolute Gasteiger partial charge is 0.352 e. The van der Waals surface area contributed by atoms with Crippen LogP contribution in [-0.4, -0.2) is 43.8 Å². The van der Waals surface area contributed by atoms with Crippen LogP contribution >= 0.6 is 11.6 Å². The molecule has 2 amide bonds. The third-order valence-electron chi connectivity index (χ3n) is 8.47. The molecule has 4 aromatic carbocycles. The van der Waals surface area contributed by atoms with E-state index in [1.165, 1.54) is 21.3 Å². The van der Waals surface area contributed by atoms with Gasteiger partial charge < -0.3 is 10.2 Å². The predicted octanol–water partition coefficient (Wildman–Crippen LogP) is 6.80. The minimum atomic E-state index is -4.15. The lowest BCUT2D eigenvalue weighted by atomic mass is 10.0. The number of para-hydroxylation sites is 1. The van der Waals surface area contributed by atoms with E-state index in [-0.39, 0.29) is 29.8 Å². The fourth-order valence-corrected chi connectivity index (χ4v) is 7.73. The third-order valence-corrected chi connectivity index (χ3v) is 10.5. The Morgan fingerprint density at radius 2 is 1.48 bits per heavy atom. The van der Waals surface area contributed by atoms with E-state index in [1.54, 1.807) is 48.5 Å². The van der Waals surface area contributed by atoms with Crippen molar-refractivity contribution in [3.8, 4) is 0 Å². The molecule has 1 saturated carbocycles. The second-order valence-corrected chi connectivity index (χ2v) is 14.0. The first-order chi connectivity index (χ1) is 22.3. The Labute approximate surface area is 277 Å². The highest BCUT2D eigenvalue weighted by atomic mass is 35.5. The number of hydrogen-bond acceptors (Lipinski definition) is 4. The number of anilines is 1. The van der Waals surface area contributed by atoms with Crippen molar-refractivity contribution in [2.45, 2.75) is 69.0 Å². The van der Waals surface area contributed by atoms with Crippen molar-refractivity contribution in [1.29, 1.82) is 0 Å². The number of nitrogens with one attached hydrogen (secondary N) is 1. The number of benzene rings is 4. The number of carbonyl (C=O) groups is 2. The van der Waals surface area contributed by atoms with Crippen LogP contribution in [0.15, 0.2) is 114 Å². The number of nitrogens with zero attached hydrogens (tertiary/aromatic N) is 2. The van der Waals surface area contributed by atoms with Gasteiger partial charge in [-0.05, 0) is 66.3 Å². The van der Waals surface area contributed by atoms with Crippen LogP contribution in [0.1, 0.15) is 49.3 Å². The van der Waals surface area contributed by atoms with Crippen LogP contribution in [0.3, 0.4) is 0 Å². The molecule has 9 heteroatoms. The van der Waals surface area contributed by atoms with Crippen molar-refractivity contribution in [3.05, 3.63) is 131 Å². The molecule has 0 aliphatic heterocycles. The molecule has 1 aliphatic rings. The van der Waals surface area contributed by atoms with E-state index in [2.05, 4.69) is 5.32 Å². The average molecular weight is 658 g/mol. The summed E-state index contributed by atoms with van der Waals surface area (Å²) in [5.41, 5.74) is 2.85. The zero-order chi connectivity index (χ0) is 32.5. The summed E-state index contributed by atoms with van der Waals surface area (Å²) >= 11 is 6.35. The van der Waals surface area contributed by atoms with Crippen LogP contribution in [0, 0.1) is 0 Å². The van der Waals surface area contributed by atoms with Gasteiger partial charge in [-0.15, -0.1) is 0 Å². The maximum absolute atomic E-state index is 14.7. The zero-order valence-electron chi connectivity index (χ0n) is 26.0. The molecule has 1 N–H and O–H groups in total. The first-order valence-corrected chi connectivity index (χ1v) is 17.6. The molecule has 46 heavy (non-hydrogen) atoms. The number of rotatable bonds is 13. The van der Waals surface area contributed by atoms with E-state index >= 15 is 0 Å². The number of halogens is 1. The van der Waals surface area contributed by atoms with Gasteiger partial charge in [-0.3, -0.25) is 13.9 Å². The first kappa shape index (κ1) is 33.2. The highest BCUT2D eigenvalue weighted by molar-refractivity contribution is 7.92. The van der Waals surface area contributed by atoms with Crippen molar-refractivity contribution in [3.63, 3.8) is 0 Å². The Kier molecular flexibility index (Phi) is 11.1. The standard InChI is InChI=1S/C37H40ClN3O4S/c1-2-30-17-9-12-23-34(30)41(46(44,45)33-21-7-4-8-22-33)27-36(42)40(26-29-16-13-18-31(38)24-29)35(25-28-14-5-3-6-15-28)37(43)39-32-19-10-11-20-32/h3-9,12-18,21-24,32,35H,2,10-11,19-20,25-27H2,1H3,(H,39,43). The van der Waals surface area contributed by atoms with Crippen molar-refractivity contribution < 1.29 is 18.0 Å². The maximum atomic E-state index is 14.7. The molecule has 1 fully saturated rings. The molecule has 240 valence electrons. The normalized spacial score (nSPS) is 14.0. The van der Waals surface area contributed by atoms with Gasteiger partial charge in [0.05, 0.1) is 10.6 Å². The van der Waals surface area contributed by atoms with Crippen LogP contribution < -0.4 is 9.62 Å². The predicted molar refractivity (Wildman–Crippen MR) is 183 cm³/mol. The molecule has 0 saturated heterocycles. The van der Waals surface area contributed by atoms with E-state index in [0.29, 0.717) is 17.1 Å². The van der Waals surface area contributed by atoms with Gasteiger partial charge in [-0.25, -0.2) is 8.42 Å². The molecule has 1 atom stereocenters. The molecule has 0 bridgehead atoms. The Morgan fingerprint density at radius 3 is 2.15 bits per heavy atom. The topological polar surface area (TPSA) is 86.8 Å². The Morgan fingerprint density at radius 1 is 0.848 bits per heavy atom. The van der Waals surface area contributed by atoms with Gasteiger partial charge in [0.1, 0.15) is 12.6 Å². The van der Waals surface area contributed by atoms with Gasteiger partial charge in [0, 0.05) is 24.0 Å². The highest BCUT2D eigenvalue weighted by Gasteiger charge is 2.36. The van der Waals surface area contributed by atoms with Crippen molar-refractivity contribution in [1.82, 2.24) is 10.2 Å². The van der Waals surface area contributed by atoms with Crippen molar-refractivity contribution in [2.24, 2.45) is 0 Å². The SMILES string of the molecule is CCc1ccccc1N(CC(=O)N(Cc1cccc(Cl)c1)C(Cc1ccccc1)C(=O)NC1CCCC1)S(=O)(=O)c1ccccc1. The number of carbonyl (C=O) groups excluding carboxylic acids is 2. The summed E-state index contributed by atoms with van der Waals surface area (Å²) in [5.74, 6) is -0.745. The summed E-state index contributed by atoms with van der Waals surface area (Å²) in [6.45, 7) is 1.53. The lowest BCUT2D eigenvalue weighted by Gasteiger charge is -2.34. The van der Waals surface area contributed by atoms with E-state index in [1.807, 2.05) is 55.5 Å². The van der Waals surface area contributed by atoms with Crippen molar-refractivity contribution >= 4 is 39.1 Å². The molecule has 0 spiro atoms. The lowest BCUT2D eigenvalue weighted by Crippen LogP contribution is -2.54. The van der Waals surface area contributed by atoms with Crippen LogP contribution in [-0.2, 0) is 39.0 Å². The smallest absolute Gasteiger partial charge is 0.264 e. The van der Waals surface area contributed by atoms with Crippen LogP contribution in [0.5, 0.6) is 0 Å². The van der Waals surface area contributed by atoms with E-state index < -0.39 is 28.5 Å². The van der Waals surface area contributed by atoms with Gasteiger partial charge in [0.2, 0.25) is 11.8 Å². The third kappa shape index (κ3) is 8.17. The summed E-state index contributed by atoms with van der Waals surface area (Å²) in [4.78, 5) is 30.4. The second kappa shape index (κ2) is 15.4. The number of aryl methyl sites for hydroxylation is 1.